The maximum atomic E-state index is 14.5. The van der Waals surface area contributed by atoms with Gasteiger partial charge in [-0.2, -0.15) is 0 Å². The SMILES string of the molecule is CO[C@@H]1[C@@H](n2cc(-c3ccc(Cl)c(F)c3F)nn2)[C@@H](O)[C@@H](CO)O[C@@H]1Cc1cc(C2CCOCC2)on1. The Bertz CT molecular complexity index is 1220. The summed E-state index contributed by atoms with van der Waals surface area (Å²) >= 11 is 5.66. The highest BCUT2D eigenvalue weighted by Crippen LogP contribution is 2.35. The second-order valence-electron chi connectivity index (χ2n) is 9.20. The van der Waals surface area contributed by atoms with Crippen molar-refractivity contribution in [3.63, 3.8) is 0 Å². The number of nitrogens with zero attached hydrogens (tertiary/aromatic N) is 4. The van der Waals surface area contributed by atoms with Crippen LogP contribution in [0.5, 0.6) is 0 Å². The van der Waals surface area contributed by atoms with E-state index in [2.05, 4.69) is 15.5 Å². The first-order valence-corrected chi connectivity index (χ1v) is 12.3. The van der Waals surface area contributed by atoms with E-state index in [1.54, 1.807) is 0 Å². The summed E-state index contributed by atoms with van der Waals surface area (Å²) in [4.78, 5) is 0. The second-order valence-corrected chi connectivity index (χ2v) is 9.60. The van der Waals surface area contributed by atoms with Crippen molar-refractivity contribution in [2.24, 2.45) is 0 Å². The van der Waals surface area contributed by atoms with Gasteiger partial charge >= 0.3 is 0 Å². The van der Waals surface area contributed by atoms with Gasteiger partial charge in [-0.1, -0.05) is 22.0 Å². The standard InChI is InChI=1S/C24H27ClF2N4O6/c1-34-24-18(9-13-8-17(37-29-13)12-4-6-35-7-5-12)36-19(11-32)23(33)22(24)31-10-16(28-30-31)14-2-3-15(25)21(27)20(14)26/h2-3,8,10,12,18-19,22-24,32-33H,4-7,9,11H2,1H3/t18-,19-,22+,23+,24+/m1/s1. The van der Waals surface area contributed by atoms with Gasteiger partial charge < -0.3 is 28.9 Å². The van der Waals surface area contributed by atoms with Crippen molar-refractivity contribution < 1.29 is 37.7 Å². The van der Waals surface area contributed by atoms with Crippen molar-refractivity contribution in [3.05, 3.63) is 52.5 Å². The van der Waals surface area contributed by atoms with Crippen molar-refractivity contribution >= 4 is 11.6 Å². The molecule has 2 N–H and O–H groups in total. The number of methoxy groups -OCH3 is 1. The molecule has 0 aliphatic carbocycles. The molecule has 5 rings (SSSR count). The minimum absolute atomic E-state index is 0.0383. The fourth-order valence-electron chi connectivity index (χ4n) is 5.00. The topological polar surface area (TPSA) is 125 Å². The molecule has 2 aliphatic heterocycles. The third-order valence-electron chi connectivity index (χ3n) is 6.97. The first kappa shape index (κ1) is 26.1. The molecule has 37 heavy (non-hydrogen) atoms. The molecule has 13 heteroatoms. The molecule has 0 radical (unpaired) electrons. The number of rotatable bonds is 7. The van der Waals surface area contributed by atoms with Gasteiger partial charge in [0.2, 0.25) is 0 Å². The van der Waals surface area contributed by atoms with Gasteiger partial charge in [-0.3, -0.25) is 0 Å². The van der Waals surface area contributed by atoms with Crippen LogP contribution < -0.4 is 0 Å². The predicted octanol–water partition coefficient (Wildman–Crippen LogP) is 2.68. The van der Waals surface area contributed by atoms with Gasteiger partial charge in [-0.25, -0.2) is 13.5 Å². The molecule has 2 fully saturated rings. The molecule has 0 amide bonds. The first-order valence-electron chi connectivity index (χ1n) is 12.0. The molecular weight excluding hydrogens is 514 g/mol. The number of ether oxygens (including phenoxy) is 3. The molecule has 0 bridgehead atoms. The van der Waals surface area contributed by atoms with Crippen LogP contribution in [0.1, 0.15) is 36.3 Å². The molecule has 4 heterocycles. The summed E-state index contributed by atoms with van der Waals surface area (Å²) in [6.07, 6.45) is -0.219. The van der Waals surface area contributed by atoms with E-state index >= 15 is 0 Å². The molecule has 200 valence electrons. The fraction of sp³-hybridized carbons (Fsp3) is 0.542. The lowest BCUT2D eigenvalue weighted by atomic mass is 9.90. The fourth-order valence-corrected chi connectivity index (χ4v) is 5.15. The number of aromatic nitrogens is 4. The quantitative estimate of drug-likeness (QED) is 0.435. The van der Waals surface area contributed by atoms with Crippen LogP contribution in [0.15, 0.2) is 28.9 Å². The molecule has 2 aliphatic rings. The third kappa shape index (κ3) is 5.14. The van der Waals surface area contributed by atoms with E-state index in [1.807, 2.05) is 6.07 Å². The Morgan fingerprint density at radius 2 is 1.97 bits per heavy atom. The Morgan fingerprint density at radius 3 is 2.70 bits per heavy atom. The highest BCUT2D eigenvalue weighted by Gasteiger charge is 2.47. The number of hydrogen-bond donors (Lipinski definition) is 2. The van der Waals surface area contributed by atoms with Crippen LogP contribution in [0, 0.1) is 11.6 Å². The van der Waals surface area contributed by atoms with Crippen LogP contribution in [-0.2, 0) is 20.6 Å². The zero-order valence-electron chi connectivity index (χ0n) is 20.0. The summed E-state index contributed by atoms with van der Waals surface area (Å²) in [7, 11) is 1.46. The maximum Gasteiger partial charge on any atom is 0.178 e. The second kappa shape index (κ2) is 11.1. The number of halogens is 3. The van der Waals surface area contributed by atoms with Gasteiger partial charge in [0.05, 0.1) is 29.6 Å². The number of benzene rings is 1. The van der Waals surface area contributed by atoms with E-state index in [0.717, 1.165) is 18.6 Å². The Morgan fingerprint density at radius 1 is 1.19 bits per heavy atom. The number of aliphatic hydroxyl groups is 2. The van der Waals surface area contributed by atoms with Crippen LogP contribution in [-0.4, -0.2) is 81.7 Å². The van der Waals surface area contributed by atoms with E-state index < -0.39 is 48.7 Å². The molecule has 0 unspecified atom stereocenters. The Hall–Kier alpha value is -2.48. The minimum atomic E-state index is -1.23. The van der Waals surface area contributed by atoms with Gasteiger partial charge in [0.25, 0.3) is 0 Å². The first-order chi connectivity index (χ1) is 17.9. The third-order valence-corrected chi connectivity index (χ3v) is 7.27. The van der Waals surface area contributed by atoms with Crippen molar-refractivity contribution in [1.82, 2.24) is 20.2 Å². The molecule has 2 saturated heterocycles. The van der Waals surface area contributed by atoms with Crippen LogP contribution in [0.2, 0.25) is 5.02 Å². The smallest absolute Gasteiger partial charge is 0.178 e. The van der Waals surface area contributed by atoms with Crippen molar-refractivity contribution in [1.29, 1.82) is 0 Å². The van der Waals surface area contributed by atoms with Crippen molar-refractivity contribution in [3.8, 4) is 11.3 Å². The molecule has 0 spiro atoms. The van der Waals surface area contributed by atoms with E-state index in [4.69, 9.17) is 30.3 Å². The highest BCUT2D eigenvalue weighted by atomic mass is 35.5. The molecule has 0 saturated carbocycles. The van der Waals surface area contributed by atoms with Crippen LogP contribution in [0.3, 0.4) is 0 Å². The van der Waals surface area contributed by atoms with Gasteiger partial charge in [0.1, 0.15) is 35.8 Å². The number of aliphatic hydroxyl groups excluding tert-OH is 2. The number of hydrogen-bond acceptors (Lipinski definition) is 9. The average molecular weight is 541 g/mol. The average Bonchev–Trinajstić information content (AvgIpc) is 3.58. The summed E-state index contributed by atoms with van der Waals surface area (Å²) in [5.74, 6) is -1.35. The van der Waals surface area contributed by atoms with E-state index in [1.165, 1.54) is 30.1 Å². The van der Waals surface area contributed by atoms with E-state index in [0.29, 0.717) is 18.9 Å². The lowest BCUT2D eigenvalue weighted by Crippen LogP contribution is -2.57. The Kier molecular flexibility index (Phi) is 7.84. The zero-order valence-corrected chi connectivity index (χ0v) is 20.7. The normalized spacial score (nSPS) is 27.0. The van der Waals surface area contributed by atoms with Crippen LogP contribution in [0.4, 0.5) is 8.78 Å². The lowest BCUT2D eigenvalue weighted by Gasteiger charge is -2.43. The van der Waals surface area contributed by atoms with Gasteiger partial charge in [-0.05, 0) is 25.0 Å². The maximum absolute atomic E-state index is 14.5. The summed E-state index contributed by atoms with van der Waals surface area (Å²) in [6.45, 7) is 0.875. The summed E-state index contributed by atoms with van der Waals surface area (Å²) in [5.41, 5.74) is 0.539. The predicted molar refractivity (Wildman–Crippen MR) is 125 cm³/mol. The highest BCUT2D eigenvalue weighted by molar-refractivity contribution is 6.30. The summed E-state index contributed by atoms with van der Waals surface area (Å²) in [6, 6.07) is 3.54. The van der Waals surface area contributed by atoms with E-state index in [9.17, 15) is 19.0 Å². The summed E-state index contributed by atoms with van der Waals surface area (Å²) in [5, 5.41) is 32.8. The van der Waals surface area contributed by atoms with Gasteiger partial charge in [-0.15, -0.1) is 5.10 Å². The lowest BCUT2D eigenvalue weighted by molar-refractivity contribution is -0.212. The monoisotopic (exact) mass is 540 g/mol. The minimum Gasteiger partial charge on any atom is -0.394 e. The molecule has 2 aromatic heterocycles. The molecule has 3 aromatic rings. The zero-order chi connectivity index (χ0) is 26.1. The molecule has 5 atom stereocenters. The molecular formula is C24H27ClF2N4O6. The Labute approximate surface area is 216 Å². The van der Waals surface area contributed by atoms with Crippen LogP contribution >= 0.6 is 11.6 Å². The van der Waals surface area contributed by atoms with Crippen molar-refractivity contribution in [2.75, 3.05) is 26.9 Å². The van der Waals surface area contributed by atoms with Gasteiger partial charge in [0, 0.05) is 44.3 Å². The molecule has 10 nitrogen and oxygen atoms in total. The van der Waals surface area contributed by atoms with Crippen molar-refractivity contribution in [2.45, 2.75) is 55.6 Å². The van der Waals surface area contributed by atoms with Gasteiger partial charge in [0.15, 0.2) is 11.6 Å². The molecule has 1 aromatic carbocycles. The van der Waals surface area contributed by atoms with Crippen LogP contribution in [0.25, 0.3) is 11.3 Å². The van der Waals surface area contributed by atoms with E-state index in [-0.39, 0.29) is 28.6 Å². The Balaban J connectivity index is 1.41. The summed E-state index contributed by atoms with van der Waals surface area (Å²) < 4.78 is 52.5. The largest absolute Gasteiger partial charge is 0.394 e.